The maximum Gasteiger partial charge on any atom is 0.264 e. The van der Waals surface area contributed by atoms with E-state index < -0.39 is 5.54 Å². The van der Waals surface area contributed by atoms with Crippen LogP contribution < -0.4 is 11.1 Å². The molecule has 0 unspecified atom stereocenters. The van der Waals surface area contributed by atoms with Gasteiger partial charge in [0.2, 0.25) is 0 Å². The second-order valence-corrected chi connectivity index (χ2v) is 5.42. The number of hydrogen-bond donors (Lipinski definition) is 2. The van der Waals surface area contributed by atoms with Crippen LogP contribution in [0.25, 0.3) is 10.2 Å². The molecule has 5 heteroatoms. The number of terminal acetylenes is 1. The van der Waals surface area contributed by atoms with Crippen LogP contribution in [0.5, 0.6) is 0 Å². The third kappa shape index (κ3) is 2.15. The smallest absolute Gasteiger partial charge is 0.264 e. The zero-order valence-corrected chi connectivity index (χ0v) is 11.0. The zero-order valence-electron chi connectivity index (χ0n) is 10.2. The number of carbonyl (C=O) groups is 1. The molecule has 0 aromatic carbocycles. The first-order chi connectivity index (χ1) is 8.44. The van der Waals surface area contributed by atoms with Gasteiger partial charge in [0.25, 0.3) is 5.91 Å². The van der Waals surface area contributed by atoms with E-state index in [1.165, 1.54) is 11.3 Å². The zero-order chi connectivity index (χ0) is 13.3. The van der Waals surface area contributed by atoms with Crippen molar-refractivity contribution in [2.45, 2.75) is 19.4 Å². The molecular formula is C13H13N3OS. The number of carbonyl (C=O) groups excluding carboxylic acids is 1. The highest BCUT2D eigenvalue weighted by Gasteiger charge is 2.22. The monoisotopic (exact) mass is 259 g/mol. The number of rotatable bonds is 2. The number of aromatic nitrogens is 1. The van der Waals surface area contributed by atoms with Crippen LogP contribution in [-0.4, -0.2) is 16.4 Å². The molecule has 0 spiro atoms. The van der Waals surface area contributed by atoms with Gasteiger partial charge < -0.3 is 11.1 Å². The summed E-state index contributed by atoms with van der Waals surface area (Å²) >= 11 is 1.27. The third-order valence-electron chi connectivity index (χ3n) is 2.50. The van der Waals surface area contributed by atoms with Crippen LogP contribution in [0.4, 0.5) is 5.69 Å². The summed E-state index contributed by atoms with van der Waals surface area (Å²) in [7, 11) is 0. The van der Waals surface area contributed by atoms with Crippen molar-refractivity contribution in [1.29, 1.82) is 0 Å². The summed E-state index contributed by atoms with van der Waals surface area (Å²) in [6.07, 6.45) is 7.01. The van der Waals surface area contributed by atoms with Crippen molar-refractivity contribution in [3.05, 3.63) is 23.2 Å². The van der Waals surface area contributed by atoms with Gasteiger partial charge >= 0.3 is 0 Å². The number of anilines is 1. The predicted molar refractivity (Wildman–Crippen MR) is 74.4 cm³/mol. The van der Waals surface area contributed by atoms with Crippen molar-refractivity contribution in [1.82, 2.24) is 10.3 Å². The van der Waals surface area contributed by atoms with Gasteiger partial charge in [-0.1, -0.05) is 5.92 Å². The summed E-state index contributed by atoms with van der Waals surface area (Å²) in [6, 6.07) is 3.63. The van der Waals surface area contributed by atoms with E-state index in [4.69, 9.17) is 12.2 Å². The van der Waals surface area contributed by atoms with E-state index >= 15 is 0 Å². The Bertz CT molecular complexity index is 652. The van der Waals surface area contributed by atoms with Crippen LogP contribution >= 0.6 is 11.3 Å². The lowest BCUT2D eigenvalue weighted by Gasteiger charge is -2.18. The fourth-order valence-electron chi connectivity index (χ4n) is 1.50. The standard InChI is InChI=1S/C13H13N3OS/c1-4-13(2,3)16-11(17)10-9(14)8-6-5-7-15-12(8)18-10/h1,5-7H,14H2,2-3H3,(H,16,17). The molecule has 2 aromatic rings. The third-order valence-corrected chi connectivity index (χ3v) is 3.63. The molecule has 92 valence electrons. The molecule has 1 amide bonds. The van der Waals surface area contributed by atoms with Crippen LogP contribution in [0.1, 0.15) is 23.5 Å². The Kier molecular flexibility index (Phi) is 2.97. The largest absolute Gasteiger partial charge is 0.397 e. The summed E-state index contributed by atoms with van der Waals surface area (Å²) in [5, 5.41) is 3.55. The van der Waals surface area contributed by atoms with Crippen LogP contribution in [-0.2, 0) is 0 Å². The van der Waals surface area contributed by atoms with E-state index in [-0.39, 0.29) is 5.91 Å². The van der Waals surface area contributed by atoms with Crippen LogP contribution in [0.2, 0.25) is 0 Å². The van der Waals surface area contributed by atoms with Gasteiger partial charge in [-0.25, -0.2) is 4.98 Å². The molecule has 2 aromatic heterocycles. The Morgan fingerprint density at radius 1 is 1.61 bits per heavy atom. The number of nitrogens with zero attached hydrogens (tertiary/aromatic N) is 1. The second kappa shape index (κ2) is 4.31. The van der Waals surface area contributed by atoms with Gasteiger partial charge in [-0.2, -0.15) is 0 Å². The fourth-order valence-corrected chi connectivity index (χ4v) is 2.45. The van der Waals surface area contributed by atoms with Crippen molar-refractivity contribution >= 4 is 33.1 Å². The Labute approximate surface area is 109 Å². The van der Waals surface area contributed by atoms with Gasteiger partial charge in [0, 0.05) is 11.6 Å². The van der Waals surface area contributed by atoms with Crippen molar-refractivity contribution in [3.8, 4) is 12.3 Å². The molecule has 0 saturated carbocycles. The molecule has 4 nitrogen and oxygen atoms in total. The van der Waals surface area contributed by atoms with E-state index in [9.17, 15) is 4.79 Å². The molecule has 18 heavy (non-hydrogen) atoms. The molecule has 0 saturated heterocycles. The number of nitrogens with one attached hydrogen (secondary N) is 1. The number of nitrogens with two attached hydrogens (primary N) is 1. The highest BCUT2D eigenvalue weighted by atomic mass is 32.1. The minimum Gasteiger partial charge on any atom is -0.397 e. The molecule has 0 aliphatic rings. The summed E-state index contributed by atoms with van der Waals surface area (Å²) in [5.74, 6) is 2.25. The van der Waals surface area contributed by atoms with E-state index in [0.717, 1.165) is 10.2 Å². The first-order valence-corrected chi connectivity index (χ1v) is 6.19. The number of thiophene rings is 1. The summed E-state index contributed by atoms with van der Waals surface area (Å²) in [6.45, 7) is 3.51. The van der Waals surface area contributed by atoms with E-state index in [1.54, 1.807) is 26.1 Å². The van der Waals surface area contributed by atoms with Gasteiger partial charge in [0.1, 0.15) is 9.71 Å². The average Bonchev–Trinajstić information content (AvgIpc) is 2.67. The Morgan fingerprint density at radius 2 is 2.33 bits per heavy atom. The van der Waals surface area contributed by atoms with Crippen LogP contribution in [0.15, 0.2) is 18.3 Å². The molecule has 0 radical (unpaired) electrons. The Hall–Kier alpha value is -2.06. The first-order valence-electron chi connectivity index (χ1n) is 5.38. The molecule has 0 atom stereocenters. The van der Waals surface area contributed by atoms with Gasteiger partial charge in [-0.3, -0.25) is 4.79 Å². The average molecular weight is 259 g/mol. The second-order valence-electron chi connectivity index (χ2n) is 4.42. The molecule has 0 fully saturated rings. The van der Waals surface area contributed by atoms with Crippen LogP contribution in [0, 0.1) is 12.3 Å². The van der Waals surface area contributed by atoms with Crippen LogP contribution in [0.3, 0.4) is 0 Å². The Morgan fingerprint density at radius 3 is 2.94 bits per heavy atom. The number of nitrogen functional groups attached to an aromatic ring is 1. The van der Waals surface area contributed by atoms with Crippen molar-refractivity contribution in [2.24, 2.45) is 0 Å². The van der Waals surface area contributed by atoms with Gasteiger partial charge in [0.05, 0.1) is 11.2 Å². The lowest BCUT2D eigenvalue weighted by atomic mass is 10.1. The summed E-state index contributed by atoms with van der Waals surface area (Å²) in [4.78, 5) is 17.5. The molecule has 2 heterocycles. The molecule has 0 bridgehead atoms. The lowest BCUT2D eigenvalue weighted by Crippen LogP contribution is -2.41. The van der Waals surface area contributed by atoms with Gasteiger partial charge in [0.15, 0.2) is 0 Å². The van der Waals surface area contributed by atoms with Crippen molar-refractivity contribution in [3.63, 3.8) is 0 Å². The molecule has 0 aliphatic carbocycles. The molecule has 0 aliphatic heterocycles. The van der Waals surface area contributed by atoms with E-state index in [1.807, 2.05) is 6.07 Å². The minimum absolute atomic E-state index is 0.265. The molecule has 3 N–H and O–H groups in total. The fraction of sp³-hybridized carbons (Fsp3) is 0.231. The maximum atomic E-state index is 12.1. The summed E-state index contributed by atoms with van der Waals surface area (Å²) in [5.41, 5.74) is 5.71. The highest BCUT2D eigenvalue weighted by molar-refractivity contribution is 7.21. The minimum atomic E-state index is -0.701. The number of hydrogen-bond acceptors (Lipinski definition) is 4. The predicted octanol–water partition coefficient (Wildman–Crippen LogP) is 2.02. The molecule has 2 rings (SSSR count). The van der Waals surface area contributed by atoms with E-state index in [2.05, 4.69) is 16.2 Å². The molecular weight excluding hydrogens is 246 g/mol. The van der Waals surface area contributed by atoms with Gasteiger partial charge in [-0.15, -0.1) is 17.8 Å². The quantitative estimate of drug-likeness (QED) is 0.811. The summed E-state index contributed by atoms with van der Waals surface area (Å²) < 4.78 is 0. The number of fused-ring (bicyclic) bond motifs is 1. The van der Waals surface area contributed by atoms with Crippen molar-refractivity contribution < 1.29 is 4.79 Å². The first kappa shape index (κ1) is 12.4. The van der Waals surface area contributed by atoms with Crippen molar-refractivity contribution in [2.75, 3.05) is 5.73 Å². The van der Waals surface area contributed by atoms with Gasteiger partial charge in [-0.05, 0) is 26.0 Å². The normalized spacial score (nSPS) is 11.2. The maximum absolute atomic E-state index is 12.1. The SMILES string of the molecule is C#CC(C)(C)NC(=O)c1sc2ncccc2c1N. The number of amides is 1. The lowest BCUT2D eigenvalue weighted by molar-refractivity contribution is 0.0935. The van der Waals surface area contributed by atoms with E-state index in [0.29, 0.717) is 10.6 Å². The highest BCUT2D eigenvalue weighted by Crippen LogP contribution is 2.31. The number of pyridine rings is 1. The topological polar surface area (TPSA) is 68.0 Å². The Balaban J connectivity index is 2.41.